The largest absolute Gasteiger partial charge is 0.490 e. The Balaban J connectivity index is 0.00000249. The first-order valence-corrected chi connectivity index (χ1v) is 25.4. The highest BCUT2D eigenvalue weighted by atomic mass is 19.4. The van der Waals surface area contributed by atoms with Crippen LogP contribution in [0.3, 0.4) is 0 Å². The van der Waals surface area contributed by atoms with Crippen LogP contribution in [-0.4, -0.2) is 188 Å². The Labute approximate surface area is 436 Å². The number of nitrogens with zero attached hydrogens (tertiary/aromatic N) is 5. The number of nitrogens with one attached hydrogen (secondary N) is 1. The summed E-state index contributed by atoms with van der Waals surface area (Å²) in [6.07, 6.45) is -1.09. The topological polar surface area (TPSA) is 264 Å². The van der Waals surface area contributed by atoms with E-state index in [4.69, 9.17) is 36.6 Å². The zero-order valence-electron chi connectivity index (χ0n) is 45.9. The minimum atomic E-state index is -5.08. The van der Waals surface area contributed by atoms with E-state index in [2.05, 4.69) is 19.2 Å². The van der Waals surface area contributed by atoms with E-state index in [9.17, 15) is 41.9 Å². The predicted octanol–water partition coefficient (Wildman–Crippen LogP) is 3.18. The summed E-state index contributed by atoms with van der Waals surface area (Å²) < 4.78 is 43.9. The van der Waals surface area contributed by atoms with Crippen LogP contribution in [0.2, 0.25) is 0 Å². The van der Waals surface area contributed by atoms with Gasteiger partial charge in [0.15, 0.2) is 0 Å². The maximum atomic E-state index is 14.4. The molecule has 1 aromatic rings. The molecule has 2 aliphatic heterocycles. The quantitative estimate of drug-likeness (QED) is 0.0836. The van der Waals surface area contributed by atoms with Gasteiger partial charge in [-0.05, 0) is 76.1 Å². The molecule has 2 aliphatic rings. The molecule has 3 unspecified atom stereocenters. The summed E-state index contributed by atoms with van der Waals surface area (Å²) in [5, 5.41) is 9.92. The number of halogens is 3. The molecule has 1 fully saturated rings. The maximum absolute atomic E-state index is 14.4. The predicted molar refractivity (Wildman–Crippen MR) is 275 cm³/mol. The zero-order valence-corrected chi connectivity index (χ0v) is 45.9. The fourth-order valence-electron chi connectivity index (χ4n) is 9.91. The number of carbonyl (C=O) groups excluding carboxylic acids is 6. The normalized spacial score (nSPS) is 19.8. The highest BCUT2D eigenvalue weighted by Gasteiger charge is 2.44. The number of ether oxygens (including phenoxy) is 2. The number of alkyl halides is 3. The molecule has 0 saturated carbocycles. The van der Waals surface area contributed by atoms with Gasteiger partial charge in [0.2, 0.25) is 23.6 Å². The molecule has 1 saturated heterocycles. The monoisotopic (exact) mass is 1050 g/mol. The van der Waals surface area contributed by atoms with Gasteiger partial charge >= 0.3 is 12.1 Å². The minimum absolute atomic E-state index is 0.00277. The Morgan fingerprint density at radius 2 is 1.47 bits per heavy atom. The number of likely N-dealkylation sites (tertiary alicyclic amines) is 1. The molecule has 2 heterocycles. The second-order valence-electron chi connectivity index (χ2n) is 20.6. The molecule has 0 aliphatic carbocycles. The lowest BCUT2D eigenvalue weighted by Crippen LogP contribution is -2.58. The van der Waals surface area contributed by atoms with Gasteiger partial charge in [-0.3, -0.25) is 33.7 Å². The van der Waals surface area contributed by atoms with Gasteiger partial charge in [0, 0.05) is 83.8 Å². The van der Waals surface area contributed by atoms with E-state index >= 15 is 0 Å². The van der Waals surface area contributed by atoms with E-state index in [1.54, 1.807) is 38.0 Å². The Bertz CT molecular complexity index is 2060. The van der Waals surface area contributed by atoms with Crippen LogP contribution in [0.15, 0.2) is 36.4 Å². The highest BCUT2D eigenvalue weighted by molar-refractivity contribution is 6.14. The standard InChI is InChI=1S/C50H85N9O8.C2HF3O2/c1-15-30(4)47(57(12)50(65)43(29(2)3)46(53)34(8)55(9)10)38(66-13)27-42(63)58-24-17-20-37(58)48(67-14)32(6)49(64)56(11)25-23-35-18-16-19-36(26-35)45(52)31(5)44(51)33(7)54-39(60)28-59-40(61)21-22-41(59)62;3-2(4,5)1(6)7/h16,18-19,21-22,26,29-34,37-38,43-48H,15,17,20,23-25,27-28,51-53H2,1-14H3,(H,54,60);(H,6,7)/t30-,31+,32+,33-,34-,37-,38+,43-,44?,45?,46?,47-,48+;/m0./s1. The summed E-state index contributed by atoms with van der Waals surface area (Å²) >= 11 is 0. The molecule has 0 bridgehead atoms. The van der Waals surface area contributed by atoms with Crippen molar-refractivity contribution in [3.8, 4) is 0 Å². The van der Waals surface area contributed by atoms with E-state index < -0.39 is 84.6 Å². The van der Waals surface area contributed by atoms with Gasteiger partial charge in [0.05, 0.1) is 42.5 Å². The number of hydrogen-bond acceptors (Lipinski definition) is 13. The van der Waals surface area contributed by atoms with Gasteiger partial charge in [0.1, 0.15) is 6.54 Å². The number of aliphatic carboxylic acids is 1. The molecule has 19 nitrogen and oxygen atoms in total. The lowest BCUT2D eigenvalue weighted by Gasteiger charge is -2.42. The van der Waals surface area contributed by atoms with Crippen molar-refractivity contribution in [3.05, 3.63) is 47.5 Å². The summed E-state index contributed by atoms with van der Waals surface area (Å²) in [7, 11) is 10.7. The Morgan fingerprint density at radius 3 is 1.97 bits per heavy atom. The second kappa shape index (κ2) is 29.3. The van der Waals surface area contributed by atoms with Crippen LogP contribution in [0.25, 0.3) is 0 Å². The zero-order chi connectivity index (χ0) is 56.7. The Morgan fingerprint density at radius 1 is 0.892 bits per heavy atom. The summed E-state index contributed by atoms with van der Waals surface area (Å²) in [4.78, 5) is 96.3. The molecule has 13 atom stereocenters. The van der Waals surface area contributed by atoms with Crippen molar-refractivity contribution in [2.24, 2.45) is 46.8 Å². The van der Waals surface area contributed by atoms with Gasteiger partial charge in [-0.2, -0.15) is 13.2 Å². The molecule has 22 heteroatoms. The Hall–Kier alpha value is -5.00. The fourth-order valence-corrected chi connectivity index (χ4v) is 9.91. The average Bonchev–Trinajstić information content (AvgIpc) is 3.96. The number of hydrogen-bond donors (Lipinski definition) is 5. The molecular weight excluding hydrogens is 968 g/mol. The van der Waals surface area contributed by atoms with Crippen molar-refractivity contribution in [2.45, 2.75) is 148 Å². The van der Waals surface area contributed by atoms with Crippen LogP contribution in [-0.2, 0) is 49.5 Å². The van der Waals surface area contributed by atoms with Gasteiger partial charge in [-0.15, -0.1) is 0 Å². The lowest BCUT2D eigenvalue weighted by atomic mass is 9.82. The number of benzene rings is 1. The SMILES string of the molecule is CC[C@H](C)[C@@H]([C@@H](CC(=O)N1CCC[C@H]1[C@H](OC)[C@@H](C)C(=O)N(C)CCc1cccc(C(N)[C@H](C)C(N)[C@H](C)NC(=O)CN2C(=O)C=CC2=O)c1)OC)N(C)C(=O)[C@@H](C(C)C)C(N)[C@H](C)N(C)C.O=C(O)C(F)(F)F. The third kappa shape index (κ3) is 17.5. The van der Waals surface area contributed by atoms with Crippen molar-refractivity contribution in [3.63, 3.8) is 0 Å². The molecule has 6 amide bonds. The van der Waals surface area contributed by atoms with E-state index in [1.165, 1.54) is 0 Å². The molecule has 0 aromatic heterocycles. The van der Waals surface area contributed by atoms with Crippen LogP contribution in [0.1, 0.15) is 98.2 Å². The van der Waals surface area contributed by atoms with E-state index in [1.807, 2.05) is 89.8 Å². The lowest BCUT2D eigenvalue weighted by molar-refractivity contribution is -0.192. The third-order valence-electron chi connectivity index (χ3n) is 15.1. The summed E-state index contributed by atoms with van der Waals surface area (Å²) in [5.41, 5.74) is 21.9. The van der Waals surface area contributed by atoms with Crippen LogP contribution < -0.4 is 22.5 Å². The number of imide groups is 1. The first kappa shape index (κ1) is 65.1. The number of nitrogens with two attached hydrogens (primary N) is 3. The molecule has 0 radical (unpaired) electrons. The van der Waals surface area contributed by atoms with Crippen molar-refractivity contribution in [2.75, 3.05) is 62.0 Å². The van der Waals surface area contributed by atoms with Crippen LogP contribution >= 0.6 is 0 Å². The number of amides is 6. The highest BCUT2D eigenvalue weighted by Crippen LogP contribution is 2.32. The molecular formula is C52H86F3N9O10. The minimum Gasteiger partial charge on any atom is -0.475 e. The number of likely N-dealkylation sites (N-methyl/N-ethyl adjacent to an activating group) is 3. The van der Waals surface area contributed by atoms with Crippen LogP contribution in [0.4, 0.5) is 13.2 Å². The van der Waals surface area contributed by atoms with Gasteiger partial charge in [-0.1, -0.05) is 72.2 Å². The van der Waals surface area contributed by atoms with Gasteiger partial charge in [-0.25, -0.2) is 4.79 Å². The number of methoxy groups -OCH3 is 2. The van der Waals surface area contributed by atoms with Crippen molar-refractivity contribution < 1.29 is 61.3 Å². The number of carboxylic acids is 1. The first-order chi connectivity index (χ1) is 34.4. The smallest absolute Gasteiger partial charge is 0.475 e. The van der Waals surface area contributed by atoms with Crippen molar-refractivity contribution in [1.82, 2.24) is 29.8 Å². The molecule has 1 aromatic carbocycles. The average molecular weight is 1050 g/mol. The maximum Gasteiger partial charge on any atom is 0.490 e. The summed E-state index contributed by atoms with van der Waals surface area (Å²) in [6, 6.07) is 5.20. The second-order valence-corrected chi connectivity index (χ2v) is 20.6. The number of carbonyl (C=O) groups is 7. The number of rotatable bonds is 26. The summed E-state index contributed by atoms with van der Waals surface area (Å²) in [5.74, 6) is -5.81. The van der Waals surface area contributed by atoms with Crippen molar-refractivity contribution >= 4 is 41.4 Å². The molecule has 74 heavy (non-hydrogen) atoms. The third-order valence-corrected chi connectivity index (χ3v) is 15.1. The van der Waals surface area contributed by atoms with Gasteiger partial charge < -0.3 is 56.7 Å². The fraction of sp³-hybridized carbons (Fsp3) is 0.712. The van der Waals surface area contributed by atoms with Crippen molar-refractivity contribution in [1.29, 1.82) is 0 Å². The van der Waals surface area contributed by atoms with E-state index in [-0.39, 0.29) is 60.0 Å². The Kier molecular flexibility index (Phi) is 25.8. The first-order valence-electron chi connectivity index (χ1n) is 25.4. The van der Waals surface area contributed by atoms with Crippen LogP contribution in [0, 0.1) is 29.6 Å². The van der Waals surface area contributed by atoms with Crippen LogP contribution in [0.5, 0.6) is 0 Å². The molecule has 420 valence electrons. The molecule has 3 rings (SSSR count). The van der Waals surface area contributed by atoms with E-state index in [0.717, 1.165) is 41.0 Å². The van der Waals surface area contributed by atoms with E-state index in [0.29, 0.717) is 25.9 Å². The van der Waals surface area contributed by atoms with Gasteiger partial charge in [0.25, 0.3) is 11.8 Å². The molecule has 0 spiro atoms. The summed E-state index contributed by atoms with van der Waals surface area (Å²) in [6.45, 7) is 16.3. The molecule has 8 N–H and O–H groups in total. The number of carboxylic acid groups (broad SMARTS) is 1.